The number of H-pyrrole nitrogens is 1. The average molecular weight is 432 g/mol. The lowest BCUT2D eigenvalue weighted by Crippen LogP contribution is -2.28. The number of hydrogen-bond acceptors (Lipinski definition) is 4. The van der Waals surface area contributed by atoms with Crippen molar-refractivity contribution in [2.24, 2.45) is 5.92 Å². The van der Waals surface area contributed by atoms with Crippen LogP contribution >= 0.6 is 0 Å². The number of nitrogens with one attached hydrogen (secondary N) is 2. The summed E-state index contributed by atoms with van der Waals surface area (Å²) in [5.41, 5.74) is -0.250. The number of nitrogens with zero attached hydrogens (tertiary/aromatic N) is 2. The number of ether oxygens (including phenoxy) is 1. The Balaban J connectivity index is 1.48. The molecular formula is C21H19F3N4O3. The molecule has 2 aromatic carbocycles. The molecular weight excluding hydrogens is 413 g/mol. The predicted molar refractivity (Wildman–Crippen MR) is 106 cm³/mol. The highest BCUT2D eigenvalue weighted by atomic mass is 19.4. The number of amides is 2. The summed E-state index contributed by atoms with van der Waals surface area (Å²) in [6, 6.07) is 10.9. The van der Waals surface area contributed by atoms with Crippen LogP contribution in [-0.2, 0) is 22.3 Å². The van der Waals surface area contributed by atoms with Gasteiger partial charge in [-0.3, -0.25) is 14.7 Å². The van der Waals surface area contributed by atoms with E-state index in [9.17, 15) is 22.8 Å². The maximum absolute atomic E-state index is 13.2. The normalized spacial score (nSPS) is 16.7. The number of rotatable bonds is 5. The highest BCUT2D eigenvalue weighted by Crippen LogP contribution is 2.36. The number of methoxy groups -OCH3 is 1. The summed E-state index contributed by atoms with van der Waals surface area (Å²) in [6.45, 7) is 0.492. The van der Waals surface area contributed by atoms with Crippen molar-refractivity contribution in [1.29, 1.82) is 0 Å². The summed E-state index contributed by atoms with van der Waals surface area (Å²) in [4.78, 5) is 26.7. The quantitative estimate of drug-likeness (QED) is 0.645. The molecule has 2 heterocycles. The van der Waals surface area contributed by atoms with E-state index in [1.807, 2.05) is 18.2 Å². The summed E-state index contributed by atoms with van der Waals surface area (Å²) in [6.07, 6.45) is -4.54. The topological polar surface area (TPSA) is 87.3 Å². The molecule has 2 amide bonds. The zero-order valence-electron chi connectivity index (χ0n) is 16.5. The van der Waals surface area contributed by atoms with E-state index in [4.69, 9.17) is 4.74 Å². The van der Waals surface area contributed by atoms with Crippen LogP contribution in [0.1, 0.15) is 17.5 Å². The molecule has 1 saturated heterocycles. The highest BCUT2D eigenvalue weighted by Gasteiger charge is 2.36. The molecule has 0 bridgehead atoms. The first-order valence-corrected chi connectivity index (χ1v) is 9.52. The Morgan fingerprint density at radius 1 is 1.26 bits per heavy atom. The minimum absolute atomic E-state index is 0.00160. The highest BCUT2D eigenvalue weighted by molar-refractivity contribution is 6.03. The van der Waals surface area contributed by atoms with Gasteiger partial charge in [-0.2, -0.15) is 18.3 Å². The fraction of sp³-hybridized carbons (Fsp3) is 0.286. The first kappa shape index (κ1) is 20.7. The number of hydrogen-bond donors (Lipinski definition) is 2. The summed E-state index contributed by atoms with van der Waals surface area (Å²) >= 11 is 0. The van der Waals surface area contributed by atoms with Crippen LogP contribution in [0.15, 0.2) is 42.5 Å². The molecule has 0 radical (unpaired) electrons. The number of aromatic nitrogens is 2. The number of alkyl halides is 3. The molecule has 7 nitrogen and oxygen atoms in total. The summed E-state index contributed by atoms with van der Waals surface area (Å²) in [7, 11) is 1.54. The van der Waals surface area contributed by atoms with Crippen molar-refractivity contribution in [2.45, 2.75) is 19.1 Å². The van der Waals surface area contributed by atoms with E-state index in [0.29, 0.717) is 12.3 Å². The van der Waals surface area contributed by atoms with Crippen LogP contribution in [-0.4, -0.2) is 40.6 Å². The van der Waals surface area contributed by atoms with Gasteiger partial charge in [0, 0.05) is 30.5 Å². The third-order valence-corrected chi connectivity index (χ3v) is 5.29. The van der Waals surface area contributed by atoms with E-state index in [-0.39, 0.29) is 35.6 Å². The minimum atomic E-state index is -4.55. The molecule has 1 atom stereocenters. The standard InChI is InChI=1S/C21H19F3N4O3/c1-31-16-8-3-2-5-12(16)10-28-11-13(9-17(28)29)20(30)25-19-14-6-4-7-15(21(22,23)24)18(14)26-27-19/h2-8,13H,9-11H2,1H3,(H2,25,26,27,30). The number of aromatic amines is 1. The van der Waals surface area contributed by atoms with Gasteiger partial charge in [0.2, 0.25) is 11.8 Å². The van der Waals surface area contributed by atoms with Crippen LogP contribution in [0.5, 0.6) is 5.75 Å². The van der Waals surface area contributed by atoms with Crippen LogP contribution in [0.2, 0.25) is 0 Å². The molecule has 1 unspecified atom stereocenters. The molecule has 162 valence electrons. The zero-order chi connectivity index (χ0) is 22.2. The number of para-hydroxylation sites is 2. The van der Waals surface area contributed by atoms with E-state index in [1.165, 1.54) is 12.1 Å². The summed E-state index contributed by atoms with van der Waals surface area (Å²) in [5.74, 6) is -0.646. The number of anilines is 1. The third-order valence-electron chi connectivity index (χ3n) is 5.29. The third kappa shape index (κ3) is 4.05. The molecule has 1 aliphatic rings. The molecule has 1 aromatic heterocycles. The zero-order valence-corrected chi connectivity index (χ0v) is 16.5. The first-order chi connectivity index (χ1) is 14.8. The van der Waals surface area contributed by atoms with Gasteiger partial charge in [-0.1, -0.05) is 24.3 Å². The lowest BCUT2D eigenvalue weighted by Gasteiger charge is -2.18. The van der Waals surface area contributed by atoms with Crippen molar-refractivity contribution in [2.75, 3.05) is 19.0 Å². The van der Waals surface area contributed by atoms with Crippen molar-refractivity contribution >= 4 is 28.5 Å². The van der Waals surface area contributed by atoms with E-state index in [2.05, 4.69) is 15.5 Å². The molecule has 0 saturated carbocycles. The fourth-order valence-electron chi connectivity index (χ4n) is 3.73. The lowest BCUT2D eigenvalue weighted by atomic mass is 10.1. The van der Waals surface area contributed by atoms with Crippen LogP contribution < -0.4 is 10.1 Å². The maximum Gasteiger partial charge on any atom is 0.418 e. The van der Waals surface area contributed by atoms with Crippen molar-refractivity contribution in [3.05, 3.63) is 53.6 Å². The second-order valence-corrected chi connectivity index (χ2v) is 7.27. The Labute approximate surface area is 175 Å². The Hall–Kier alpha value is -3.56. The van der Waals surface area contributed by atoms with Crippen molar-refractivity contribution < 1.29 is 27.5 Å². The first-order valence-electron chi connectivity index (χ1n) is 9.52. The Kier molecular flexibility index (Phi) is 5.30. The second-order valence-electron chi connectivity index (χ2n) is 7.27. The molecule has 31 heavy (non-hydrogen) atoms. The Morgan fingerprint density at radius 2 is 2.03 bits per heavy atom. The molecule has 0 aliphatic carbocycles. The SMILES string of the molecule is COc1ccccc1CN1CC(C(=O)Nc2n[nH]c3c(C(F)(F)F)cccc23)CC1=O. The van der Waals surface area contributed by atoms with Crippen LogP contribution in [0.3, 0.4) is 0 Å². The van der Waals surface area contributed by atoms with Crippen molar-refractivity contribution in [3.63, 3.8) is 0 Å². The molecule has 1 aliphatic heterocycles. The Bertz CT molecular complexity index is 1140. The van der Waals surface area contributed by atoms with Gasteiger partial charge in [0.05, 0.1) is 24.1 Å². The second kappa shape index (κ2) is 7.93. The number of likely N-dealkylation sites (tertiary alicyclic amines) is 1. The van der Waals surface area contributed by atoms with Gasteiger partial charge in [-0.05, 0) is 18.2 Å². The van der Waals surface area contributed by atoms with E-state index in [1.54, 1.807) is 18.1 Å². The minimum Gasteiger partial charge on any atom is -0.496 e. The molecule has 10 heteroatoms. The lowest BCUT2D eigenvalue weighted by molar-refractivity contribution is -0.136. The van der Waals surface area contributed by atoms with Gasteiger partial charge < -0.3 is 15.0 Å². The average Bonchev–Trinajstić information content (AvgIpc) is 3.31. The van der Waals surface area contributed by atoms with Gasteiger partial charge in [0.25, 0.3) is 0 Å². The van der Waals surface area contributed by atoms with E-state index >= 15 is 0 Å². The Morgan fingerprint density at radius 3 is 2.77 bits per heavy atom. The van der Waals surface area contributed by atoms with Gasteiger partial charge in [0.1, 0.15) is 5.75 Å². The van der Waals surface area contributed by atoms with Gasteiger partial charge >= 0.3 is 6.18 Å². The number of carbonyl (C=O) groups is 2. The van der Waals surface area contributed by atoms with Gasteiger partial charge in [0.15, 0.2) is 5.82 Å². The molecule has 3 aromatic rings. The smallest absolute Gasteiger partial charge is 0.418 e. The fourth-order valence-corrected chi connectivity index (χ4v) is 3.73. The van der Waals surface area contributed by atoms with E-state index < -0.39 is 23.6 Å². The van der Waals surface area contributed by atoms with Gasteiger partial charge in [-0.25, -0.2) is 0 Å². The van der Waals surface area contributed by atoms with Crippen molar-refractivity contribution in [3.8, 4) is 5.75 Å². The van der Waals surface area contributed by atoms with Crippen molar-refractivity contribution in [1.82, 2.24) is 15.1 Å². The largest absolute Gasteiger partial charge is 0.496 e. The number of fused-ring (bicyclic) bond motifs is 1. The number of halogens is 3. The molecule has 2 N–H and O–H groups in total. The van der Waals surface area contributed by atoms with Crippen LogP contribution in [0.4, 0.5) is 19.0 Å². The van der Waals surface area contributed by atoms with Crippen LogP contribution in [0.25, 0.3) is 10.9 Å². The monoisotopic (exact) mass is 432 g/mol. The predicted octanol–water partition coefficient (Wildman–Crippen LogP) is 3.58. The van der Waals surface area contributed by atoms with E-state index in [0.717, 1.165) is 11.6 Å². The summed E-state index contributed by atoms with van der Waals surface area (Å²) in [5, 5.41) is 8.90. The van der Waals surface area contributed by atoms with Gasteiger partial charge in [-0.15, -0.1) is 0 Å². The number of carbonyl (C=O) groups excluding carboxylic acids is 2. The number of benzene rings is 2. The van der Waals surface area contributed by atoms with Crippen LogP contribution in [0, 0.1) is 5.92 Å². The maximum atomic E-state index is 13.2. The molecule has 0 spiro atoms. The summed E-state index contributed by atoms with van der Waals surface area (Å²) < 4.78 is 44.8. The molecule has 4 rings (SSSR count). The molecule has 1 fully saturated rings.